The van der Waals surface area contributed by atoms with Gasteiger partial charge in [-0.3, -0.25) is 0 Å². The van der Waals surface area contributed by atoms with Crippen LogP contribution in [0, 0.1) is 0 Å². The predicted octanol–water partition coefficient (Wildman–Crippen LogP) is 1.59. The second-order valence-corrected chi connectivity index (χ2v) is 5.03. The number of aliphatic hydroxyl groups is 1. The number of amides is 2. The molecule has 0 fully saturated rings. The molecule has 0 spiro atoms. The van der Waals surface area contributed by atoms with Crippen molar-refractivity contribution in [1.29, 1.82) is 0 Å². The van der Waals surface area contributed by atoms with Crippen LogP contribution < -0.4 is 20.1 Å². The van der Waals surface area contributed by atoms with Crippen molar-refractivity contribution in [3.63, 3.8) is 0 Å². The molecule has 1 heterocycles. The fourth-order valence-corrected chi connectivity index (χ4v) is 2.11. The van der Waals surface area contributed by atoms with Gasteiger partial charge in [0, 0.05) is 0 Å². The van der Waals surface area contributed by atoms with Gasteiger partial charge in [0.2, 0.25) is 0 Å². The molecule has 1 aromatic carbocycles. The first-order valence-corrected chi connectivity index (χ1v) is 7.21. The maximum Gasteiger partial charge on any atom is 0.315 e. The molecular weight excluding hydrogens is 272 g/mol. The van der Waals surface area contributed by atoms with Gasteiger partial charge in [-0.2, -0.15) is 0 Å². The number of hydrogen-bond donors (Lipinski definition) is 3. The Bertz CT molecular complexity index is 489. The van der Waals surface area contributed by atoms with Crippen LogP contribution in [0.15, 0.2) is 18.2 Å². The summed E-state index contributed by atoms with van der Waals surface area (Å²) in [5.74, 6) is 1.43. The van der Waals surface area contributed by atoms with Crippen LogP contribution >= 0.6 is 0 Å². The number of fused-ring (bicyclic) bond motifs is 1. The van der Waals surface area contributed by atoms with Gasteiger partial charge >= 0.3 is 6.03 Å². The van der Waals surface area contributed by atoms with E-state index in [0.29, 0.717) is 25.4 Å². The zero-order valence-corrected chi connectivity index (χ0v) is 12.4. The van der Waals surface area contributed by atoms with E-state index in [-0.39, 0.29) is 24.7 Å². The van der Waals surface area contributed by atoms with Crippen molar-refractivity contribution >= 4 is 6.03 Å². The van der Waals surface area contributed by atoms with Crippen LogP contribution in [-0.2, 0) is 0 Å². The zero-order chi connectivity index (χ0) is 15.2. The van der Waals surface area contributed by atoms with Gasteiger partial charge in [0.15, 0.2) is 11.5 Å². The highest BCUT2D eigenvalue weighted by molar-refractivity contribution is 5.74. The van der Waals surface area contributed by atoms with Gasteiger partial charge in [0.1, 0.15) is 13.2 Å². The molecule has 2 amide bonds. The van der Waals surface area contributed by atoms with Crippen LogP contribution in [0.25, 0.3) is 0 Å². The standard InChI is InChI=1S/C15H22N2O4/c1-3-12(9-18)17-15(19)16-10(2)11-4-5-13-14(8-11)21-7-6-20-13/h4-5,8,10,12,18H,3,6-7,9H2,1-2H3,(H2,16,17,19)/t10-,12+/m0/s1. The highest BCUT2D eigenvalue weighted by Gasteiger charge is 2.16. The SMILES string of the molecule is CC[C@H](CO)NC(=O)N[C@@H](C)c1ccc2c(c1)OCCO2. The number of rotatable bonds is 5. The number of aliphatic hydroxyl groups excluding tert-OH is 1. The molecule has 2 atom stereocenters. The second kappa shape index (κ2) is 7.17. The lowest BCUT2D eigenvalue weighted by Crippen LogP contribution is -2.44. The smallest absolute Gasteiger partial charge is 0.315 e. The summed E-state index contributed by atoms with van der Waals surface area (Å²) in [5.41, 5.74) is 0.937. The molecule has 6 nitrogen and oxygen atoms in total. The average molecular weight is 294 g/mol. The summed E-state index contributed by atoms with van der Waals surface area (Å²) in [6.07, 6.45) is 0.683. The van der Waals surface area contributed by atoms with E-state index in [0.717, 1.165) is 11.3 Å². The normalized spacial score (nSPS) is 16.0. The van der Waals surface area contributed by atoms with Gasteiger partial charge in [-0.05, 0) is 31.0 Å². The average Bonchev–Trinajstić information content (AvgIpc) is 2.52. The van der Waals surface area contributed by atoms with Crippen LogP contribution in [0.5, 0.6) is 11.5 Å². The lowest BCUT2D eigenvalue weighted by molar-refractivity contribution is 0.171. The quantitative estimate of drug-likeness (QED) is 0.770. The van der Waals surface area contributed by atoms with E-state index in [4.69, 9.17) is 14.6 Å². The Balaban J connectivity index is 1.96. The highest BCUT2D eigenvalue weighted by atomic mass is 16.6. The Hall–Kier alpha value is -1.95. The van der Waals surface area contributed by atoms with E-state index in [2.05, 4.69) is 10.6 Å². The minimum Gasteiger partial charge on any atom is -0.486 e. The van der Waals surface area contributed by atoms with Gasteiger partial charge in [-0.15, -0.1) is 0 Å². The maximum absolute atomic E-state index is 11.9. The number of urea groups is 1. The van der Waals surface area contributed by atoms with Crippen LogP contribution in [-0.4, -0.2) is 37.0 Å². The molecule has 0 unspecified atom stereocenters. The third kappa shape index (κ3) is 4.01. The van der Waals surface area contributed by atoms with Crippen molar-refractivity contribution < 1.29 is 19.4 Å². The minimum absolute atomic E-state index is 0.0671. The Morgan fingerprint density at radius 2 is 2.00 bits per heavy atom. The molecule has 0 aliphatic carbocycles. The van der Waals surface area contributed by atoms with Gasteiger partial charge in [-0.25, -0.2) is 4.79 Å². The molecule has 2 rings (SSSR count). The molecule has 0 aromatic heterocycles. The van der Waals surface area contributed by atoms with Gasteiger partial charge in [-0.1, -0.05) is 13.0 Å². The van der Waals surface area contributed by atoms with Crippen LogP contribution in [0.1, 0.15) is 31.9 Å². The third-order valence-electron chi connectivity index (χ3n) is 3.46. The number of carbonyl (C=O) groups is 1. The van der Waals surface area contributed by atoms with E-state index in [9.17, 15) is 4.79 Å². The largest absolute Gasteiger partial charge is 0.486 e. The number of carbonyl (C=O) groups excluding carboxylic acids is 1. The van der Waals surface area contributed by atoms with E-state index in [1.165, 1.54) is 0 Å². The molecule has 21 heavy (non-hydrogen) atoms. The molecule has 1 aliphatic rings. The van der Waals surface area contributed by atoms with Crippen LogP contribution in [0.3, 0.4) is 0 Å². The summed E-state index contributed by atoms with van der Waals surface area (Å²) < 4.78 is 11.0. The fraction of sp³-hybridized carbons (Fsp3) is 0.533. The van der Waals surface area contributed by atoms with Gasteiger partial charge < -0.3 is 25.2 Å². The molecule has 0 saturated heterocycles. The summed E-state index contributed by atoms with van der Waals surface area (Å²) >= 11 is 0. The summed E-state index contributed by atoms with van der Waals surface area (Å²) in [5, 5.41) is 14.7. The monoisotopic (exact) mass is 294 g/mol. The first-order chi connectivity index (χ1) is 10.1. The van der Waals surface area contributed by atoms with Crippen molar-refractivity contribution in [2.75, 3.05) is 19.8 Å². The lowest BCUT2D eigenvalue weighted by Gasteiger charge is -2.22. The van der Waals surface area contributed by atoms with Crippen LogP contribution in [0.2, 0.25) is 0 Å². The molecule has 6 heteroatoms. The zero-order valence-electron chi connectivity index (χ0n) is 12.4. The summed E-state index contributed by atoms with van der Waals surface area (Å²) in [6, 6.07) is 4.94. The lowest BCUT2D eigenvalue weighted by atomic mass is 10.1. The third-order valence-corrected chi connectivity index (χ3v) is 3.46. The van der Waals surface area contributed by atoms with Crippen molar-refractivity contribution in [3.05, 3.63) is 23.8 Å². The van der Waals surface area contributed by atoms with Crippen molar-refractivity contribution in [2.24, 2.45) is 0 Å². The highest BCUT2D eigenvalue weighted by Crippen LogP contribution is 2.32. The van der Waals surface area contributed by atoms with Crippen molar-refractivity contribution in [3.8, 4) is 11.5 Å². The summed E-state index contributed by atoms with van der Waals surface area (Å²) in [4.78, 5) is 11.9. The number of nitrogens with one attached hydrogen (secondary N) is 2. The fourth-order valence-electron chi connectivity index (χ4n) is 2.11. The molecular formula is C15H22N2O4. The van der Waals surface area contributed by atoms with Crippen LogP contribution in [0.4, 0.5) is 4.79 Å². The molecule has 0 radical (unpaired) electrons. The van der Waals surface area contributed by atoms with E-state index < -0.39 is 0 Å². The minimum atomic E-state index is -0.293. The number of ether oxygens (including phenoxy) is 2. The Labute approximate surface area is 124 Å². The molecule has 1 aromatic rings. The summed E-state index contributed by atoms with van der Waals surface area (Å²) in [6.45, 7) is 4.83. The topological polar surface area (TPSA) is 79.8 Å². The number of hydrogen-bond acceptors (Lipinski definition) is 4. The van der Waals surface area contributed by atoms with Gasteiger partial charge in [0.25, 0.3) is 0 Å². The van der Waals surface area contributed by atoms with Crippen molar-refractivity contribution in [1.82, 2.24) is 10.6 Å². The molecule has 0 saturated carbocycles. The number of benzene rings is 1. The first-order valence-electron chi connectivity index (χ1n) is 7.21. The molecule has 3 N–H and O–H groups in total. The molecule has 116 valence electrons. The first kappa shape index (κ1) is 15.4. The predicted molar refractivity (Wildman–Crippen MR) is 78.7 cm³/mol. The van der Waals surface area contributed by atoms with E-state index >= 15 is 0 Å². The molecule has 0 bridgehead atoms. The van der Waals surface area contributed by atoms with Gasteiger partial charge in [0.05, 0.1) is 18.7 Å². The van der Waals surface area contributed by atoms with E-state index in [1.54, 1.807) is 0 Å². The molecule has 1 aliphatic heterocycles. The van der Waals surface area contributed by atoms with Crippen molar-refractivity contribution in [2.45, 2.75) is 32.4 Å². The Morgan fingerprint density at radius 3 is 2.67 bits per heavy atom. The second-order valence-electron chi connectivity index (χ2n) is 5.03. The Kier molecular flexibility index (Phi) is 5.27. The summed E-state index contributed by atoms with van der Waals surface area (Å²) in [7, 11) is 0. The maximum atomic E-state index is 11.9. The Morgan fingerprint density at radius 1 is 1.29 bits per heavy atom. The van der Waals surface area contributed by atoms with E-state index in [1.807, 2.05) is 32.0 Å².